The fourth-order valence-electron chi connectivity index (χ4n) is 3.82. The SMILES string of the molecule is FC(F)(F)c1ccncc1-c1noc(-c2ccc(Cl)c(Cl)c2)n1.FC(F)(F)c1ccncc1-c1noc(-c2ccc(Cl)cc2Cl)n1. The van der Waals surface area contributed by atoms with E-state index in [0.717, 1.165) is 36.9 Å². The molecule has 6 aromatic rings. The van der Waals surface area contributed by atoms with Crippen LogP contribution in [0.4, 0.5) is 26.3 Å². The van der Waals surface area contributed by atoms with Gasteiger partial charge in [0.1, 0.15) is 0 Å². The van der Waals surface area contributed by atoms with Crippen molar-refractivity contribution >= 4 is 46.4 Å². The van der Waals surface area contributed by atoms with E-state index < -0.39 is 23.5 Å². The Bertz CT molecular complexity index is 2020. The van der Waals surface area contributed by atoms with Gasteiger partial charge in [0.05, 0.1) is 42.9 Å². The molecule has 0 saturated carbocycles. The Morgan fingerprint density at radius 3 is 1.61 bits per heavy atom. The third-order valence-electron chi connectivity index (χ3n) is 5.91. The van der Waals surface area contributed by atoms with Crippen LogP contribution in [0.2, 0.25) is 20.1 Å². The quantitative estimate of drug-likeness (QED) is 0.166. The highest BCUT2D eigenvalue weighted by Crippen LogP contribution is 2.38. The van der Waals surface area contributed by atoms with Crippen molar-refractivity contribution in [3.63, 3.8) is 0 Å². The van der Waals surface area contributed by atoms with Crippen LogP contribution < -0.4 is 0 Å². The van der Waals surface area contributed by atoms with Gasteiger partial charge in [0.15, 0.2) is 0 Å². The minimum atomic E-state index is -4.56. The molecule has 0 saturated heterocycles. The molecule has 18 heteroatoms. The Kier molecular flexibility index (Phi) is 9.54. The minimum absolute atomic E-state index is 0.0151. The summed E-state index contributed by atoms with van der Waals surface area (Å²) in [6, 6.07) is 10.8. The fourth-order valence-corrected chi connectivity index (χ4v) is 4.61. The fraction of sp³-hybridized carbons (Fsp3) is 0.0714. The van der Waals surface area contributed by atoms with Gasteiger partial charge in [-0.3, -0.25) is 9.97 Å². The van der Waals surface area contributed by atoms with Gasteiger partial charge in [0.25, 0.3) is 11.8 Å². The van der Waals surface area contributed by atoms with Crippen LogP contribution in [0.25, 0.3) is 45.7 Å². The van der Waals surface area contributed by atoms with Gasteiger partial charge in [-0.25, -0.2) is 0 Å². The summed E-state index contributed by atoms with van der Waals surface area (Å²) in [7, 11) is 0. The van der Waals surface area contributed by atoms with E-state index in [9.17, 15) is 26.3 Å². The molecule has 0 atom stereocenters. The summed E-state index contributed by atoms with van der Waals surface area (Å²) in [4.78, 5) is 15.3. The summed E-state index contributed by atoms with van der Waals surface area (Å²) in [5.74, 6) is -0.438. The monoisotopic (exact) mass is 718 g/mol. The van der Waals surface area contributed by atoms with Gasteiger partial charge in [0.2, 0.25) is 11.6 Å². The number of benzene rings is 2. The van der Waals surface area contributed by atoms with Crippen molar-refractivity contribution in [3.05, 3.63) is 105 Å². The smallest absolute Gasteiger partial charge is 0.334 e. The van der Waals surface area contributed by atoms with Crippen LogP contribution in [0.5, 0.6) is 0 Å². The molecule has 0 N–H and O–H groups in total. The van der Waals surface area contributed by atoms with Crippen molar-refractivity contribution in [1.29, 1.82) is 0 Å². The number of nitrogens with zero attached hydrogens (tertiary/aromatic N) is 6. The number of hydrogen-bond acceptors (Lipinski definition) is 8. The molecule has 0 unspecified atom stereocenters. The third-order valence-corrected chi connectivity index (χ3v) is 7.20. The molecule has 0 spiro atoms. The maximum atomic E-state index is 13.0. The van der Waals surface area contributed by atoms with Crippen LogP contribution in [-0.2, 0) is 12.4 Å². The lowest BCUT2D eigenvalue weighted by atomic mass is 10.1. The lowest BCUT2D eigenvalue weighted by molar-refractivity contribution is -0.138. The maximum absolute atomic E-state index is 13.0. The summed E-state index contributed by atoms with van der Waals surface area (Å²) in [6.45, 7) is 0. The van der Waals surface area contributed by atoms with Crippen molar-refractivity contribution < 1.29 is 35.4 Å². The number of halogens is 10. The standard InChI is InChI=1S/2C14H6Cl2F3N3O/c15-10-2-1-7(5-11(10)16)13-21-12(22-23-13)8-6-20-4-3-9(8)14(17,18)19;15-7-1-2-8(11(16)5-7)13-21-12(22-23-13)9-6-20-4-3-10(9)14(17,18)19/h2*1-6H. The normalized spacial score (nSPS) is 11.7. The molecule has 236 valence electrons. The predicted molar refractivity (Wildman–Crippen MR) is 156 cm³/mol. The van der Waals surface area contributed by atoms with Crippen molar-refractivity contribution in [1.82, 2.24) is 30.2 Å². The van der Waals surface area contributed by atoms with E-state index in [1.54, 1.807) is 12.1 Å². The molecule has 0 amide bonds. The van der Waals surface area contributed by atoms with E-state index in [4.69, 9.17) is 55.4 Å². The molecule has 0 radical (unpaired) electrons. The van der Waals surface area contributed by atoms with Gasteiger partial charge >= 0.3 is 12.4 Å². The topological polar surface area (TPSA) is 104 Å². The molecule has 4 aromatic heterocycles. The highest BCUT2D eigenvalue weighted by Gasteiger charge is 2.36. The number of alkyl halides is 6. The first kappa shape index (κ1) is 33.1. The molecule has 6 rings (SSSR count). The summed E-state index contributed by atoms with van der Waals surface area (Å²) in [6.07, 6.45) is -4.96. The molecule has 2 aromatic carbocycles. The summed E-state index contributed by atoms with van der Waals surface area (Å²) in [5, 5.41) is 8.42. The Morgan fingerprint density at radius 2 is 1.09 bits per heavy atom. The molecule has 0 fully saturated rings. The Morgan fingerprint density at radius 1 is 0.543 bits per heavy atom. The molecule has 4 heterocycles. The van der Waals surface area contributed by atoms with Crippen molar-refractivity contribution in [2.24, 2.45) is 0 Å². The first-order valence-corrected chi connectivity index (χ1v) is 13.8. The van der Waals surface area contributed by atoms with E-state index in [2.05, 4.69) is 30.2 Å². The van der Waals surface area contributed by atoms with Gasteiger partial charge in [-0.15, -0.1) is 0 Å². The van der Waals surface area contributed by atoms with Crippen LogP contribution in [0.1, 0.15) is 11.1 Å². The molecular formula is C28H12Cl4F6N6O2. The molecule has 0 aliphatic carbocycles. The lowest BCUT2D eigenvalue weighted by Gasteiger charge is -2.08. The zero-order valence-electron chi connectivity index (χ0n) is 22.2. The van der Waals surface area contributed by atoms with Crippen LogP contribution in [-0.4, -0.2) is 30.2 Å². The first-order chi connectivity index (χ1) is 21.7. The molecule has 0 aliphatic rings. The molecule has 46 heavy (non-hydrogen) atoms. The van der Waals surface area contributed by atoms with E-state index >= 15 is 0 Å². The Balaban J connectivity index is 0.000000181. The summed E-state index contributed by atoms with van der Waals surface area (Å²) >= 11 is 23.5. The number of aromatic nitrogens is 6. The highest BCUT2D eigenvalue weighted by molar-refractivity contribution is 6.42. The second-order valence-corrected chi connectivity index (χ2v) is 10.6. The molecular weight excluding hydrogens is 708 g/mol. The van der Waals surface area contributed by atoms with Crippen molar-refractivity contribution in [2.75, 3.05) is 0 Å². The van der Waals surface area contributed by atoms with Crippen molar-refractivity contribution in [3.8, 4) is 45.7 Å². The average molecular weight is 720 g/mol. The van der Waals surface area contributed by atoms with Crippen LogP contribution in [0.3, 0.4) is 0 Å². The third kappa shape index (κ3) is 7.41. The summed E-state index contributed by atoms with van der Waals surface area (Å²) < 4.78 is 88.1. The van der Waals surface area contributed by atoms with Crippen LogP contribution in [0.15, 0.2) is 82.4 Å². The zero-order valence-corrected chi connectivity index (χ0v) is 25.2. The number of pyridine rings is 2. The second kappa shape index (κ2) is 13.2. The first-order valence-electron chi connectivity index (χ1n) is 12.3. The van der Waals surface area contributed by atoms with E-state index in [0.29, 0.717) is 21.2 Å². The van der Waals surface area contributed by atoms with Gasteiger partial charge < -0.3 is 9.05 Å². The predicted octanol–water partition coefficient (Wildman–Crippen LogP) is 10.2. The van der Waals surface area contributed by atoms with Gasteiger partial charge in [0, 0.05) is 35.4 Å². The summed E-state index contributed by atoms with van der Waals surface area (Å²) in [5.41, 5.74) is -1.53. The van der Waals surface area contributed by atoms with E-state index in [1.807, 2.05) is 0 Å². The van der Waals surface area contributed by atoms with Crippen LogP contribution >= 0.6 is 46.4 Å². The van der Waals surface area contributed by atoms with Gasteiger partial charge in [-0.1, -0.05) is 56.7 Å². The van der Waals surface area contributed by atoms with E-state index in [1.165, 1.54) is 24.3 Å². The average Bonchev–Trinajstić information content (AvgIpc) is 3.69. The van der Waals surface area contributed by atoms with Gasteiger partial charge in [-0.2, -0.15) is 36.3 Å². The zero-order chi connectivity index (χ0) is 33.2. The number of rotatable bonds is 4. The minimum Gasteiger partial charge on any atom is -0.334 e. The van der Waals surface area contributed by atoms with Crippen LogP contribution in [0, 0.1) is 0 Å². The largest absolute Gasteiger partial charge is 0.417 e. The molecule has 0 aliphatic heterocycles. The highest BCUT2D eigenvalue weighted by atomic mass is 35.5. The Labute approximate surface area is 273 Å². The second-order valence-electron chi connectivity index (χ2n) is 8.94. The lowest BCUT2D eigenvalue weighted by Crippen LogP contribution is -2.07. The molecule has 0 bridgehead atoms. The molecule has 8 nitrogen and oxygen atoms in total. The maximum Gasteiger partial charge on any atom is 0.417 e. The van der Waals surface area contributed by atoms with Gasteiger partial charge in [-0.05, 0) is 48.5 Å². The van der Waals surface area contributed by atoms with Crippen molar-refractivity contribution in [2.45, 2.75) is 12.4 Å². The Hall–Kier alpha value is -4.24. The number of hydrogen-bond donors (Lipinski definition) is 0. The van der Waals surface area contributed by atoms with E-state index in [-0.39, 0.29) is 44.6 Å².